The van der Waals surface area contributed by atoms with Crippen LogP contribution in [0.2, 0.25) is 0 Å². The zero-order valence-corrected chi connectivity index (χ0v) is 14.3. The molecule has 2 rings (SSSR count). The number of nitrogens with one attached hydrogen (secondary N) is 1. The van der Waals surface area contributed by atoms with E-state index in [1.54, 1.807) is 14.2 Å². The summed E-state index contributed by atoms with van der Waals surface area (Å²) >= 11 is 0. The van der Waals surface area contributed by atoms with Crippen molar-refractivity contribution < 1.29 is 14.3 Å². The highest BCUT2D eigenvalue weighted by atomic mass is 16.5. The number of carbonyl (C=O) groups is 2. The highest BCUT2D eigenvalue weighted by Crippen LogP contribution is 2.37. The lowest BCUT2D eigenvalue weighted by molar-refractivity contribution is -0.137. The van der Waals surface area contributed by atoms with Crippen LogP contribution >= 0.6 is 0 Å². The van der Waals surface area contributed by atoms with E-state index in [0.717, 1.165) is 18.6 Å². The minimum absolute atomic E-state index is 0.0111. The fourth-order valence-corrected chi connectivity index (χ4v) is 2.91. The van der Waals surface area contributed by atoms with Gasteiger partial charge in [0.15, 0.2) is 0 Å². The molecule has 0 aliphatic heterocycles. The van der Waals surface area contributed by atoms with Crippen LogP contribution in [0, 0.1) is 5.92 Å². The van der Waals surface area contributed by atoms with E-state index >= 15 is 0 Å². The quantitative estimate of drug-likeness (QED) is 0.874. The molecule has 0 aromatic heterocycles. The summed E-state index contributed by atoms with van der Waals surface area (Å²) in [6.45, 7) is 3.79. The van der Waals surface area contributed by atoms with Crippen LogP contribution in [-0.4, -0.2) is 43.5 Å². The van der Waals surface area contributed by atoms with Gasteiger partial charge in [-0.15, -0.1) is 0 Å². The van der Waals surface area contributed by atoms with E-state index in [2.05, 4.69) is 17.4 Å². The van der Waals surface area contributed by atoms with E-state index in [9.17, 15) is 9.59 Å². The number of benzene rings is 1. The Balaban J connectivity index is 1.77. The molecule has 1 aromatic carbocycles. The molecule has 0 bridgehead atoms. The highest BCUT2D eigenvalue weighted by molar-refractivity contribution is 5.85. The molecule has 5 nitrogen and oxygen atoms in total. The van der Waals surface area contributed by atoms with Gasteiger partial charge in [-0.05, 0) is 36.5 Å². The maximum Gasteiger partial charge on any atom is 0.239 e. The summed E-state index contributed by atoms with van der Waals surface area (Å²) in [5.74, 6) is 1.14. The van der Waals surface area contributed by atoms with Crippen molar-refractivity contribution in [1.29, 1.82) is 0 Å². The molecule has 1 aromatic rings. The van der Waals surface area contributed by atoms with Gasteiger partial charge in [-0.3, -0.25) is 9.59 Å². The second-order valence-electron chi connectivity index (χ2n) is 6.56. The summed E-state index contributed by atoms with van der Waals surface area (Å²) in [5, 5.41) is 3.01. The van der Waals surface area contributed by atoms with Gasteiger partial charge in [-0.1, -0.05) is 26.0 Å². The molecule has 1 aliphatic rings. The van der Waals surface area contributed by atoms with Crippen LogP contribution in [0.3, 0.4) is 0 Å². The summed E-state index contributed by atoms with van der Waals surface area (Å²) in [7, 11) is 3.33. The number of hydrogen-bond donors (Lipinski definition) is 1. The number of rotatable bonds is 6. The molecule has 1 aliphatic carbocycles. The number of hydrogen-bond acceptors (Lipinski definition) is 3. The predicted octanol–water partition coefficient (Wildman–Crippen LogP) is 2.17. The zero-order valence-electron chi connectivity index (χ0n) is 14.3. The van der Waals surface area contributed by atoms with Crippen molar-refractivity contribution in [3.8, 4) is 5.75 Å². The first-order chi connectivity index (χ1) is 10.9. The molecular weight excluding hydrogens is 292 g/mol. The minimum Gasteiger partial charge on any atom is -0.497 e. The Morgan fingerprint density at radius 1 is 1.35 bits per heavy atom. The van der Waals surface area contributed by atoms with E-state index in [-0.39, 0.29) is 30.3 Å². The fourth-order valence-electron chi connectivity index (χ4n) is 2.91. The smallest absolute Gasteiger partial charge is 0.239 e. The molecule has 0 spiro atoms. The van der Waals surface area contributed by atoms with Gasteiger partial charge >= 0.3 is 0 Å². The fraction of sp³-hybridized carbons (Fsp3) is 0.556. The maximum absolute atomic E-state index is 12.0. The molecule has 0 heterocycles. The molecule has 1 fully saturated rings. The Kier molecular flexibility index (Phi) is 5.64. The first-order valence-corrected chi connectivity index (χ1v) is 8.09. The molecule has 0 atom stereocenters. The van der Waals surface area contributed by atoms with Crippen LogP contribution in [0.25, 0.3) is 0 Å². The SMILES string of the molecule is COc1cccc(C2CC(NC(=O)CN(C)C(=O)C(C)C)C2)c1. The molecular formula is C18H26N2O3. The Hall–Kier alpha value is -2.04. The maximum atomic E-state index is 12.0. The predicted molar refractivity (Wildman–Crippen MR) is 89.4 cm³/mol. The van der Waals surface area contributed by atoms with Crippen molar-refractivity contribution in [3.63, 3.8) is 0 Å². The molecule has 5 heteroatoms. The van der Waals surface area contributed by atoms with Gasteiger partial charge in [0.25, 0.3) is 0 Å². The van der Waals surface area contributed by atoms with Gasteiger partial charge in [-0.25, -0.2) is 0 Å². The van der Waals surface area contributed by atoms with Crippen molar-refractivity contribution in [1.82, 2.24) is 10.2 Å². The molecule has 0 unspecified atom stereocenters. The molecule has 0 radical (unpaired) electrons. The van der Waals surface area contributed by atoms with Crippen LogP contribution in [0.4, 0.5) is 0 Å². The number of nitrogens with zero attached hydrogens (tertiary/aromatic N) is 1. The number of methoxy groups -OCH3 is 1. The first kappa shape index (κ1) is 17.3. The van der Waals surface area contributed by atoms with Crippen molar-refractivity contribution in [2.45, 2.75) is 38.6 Å². The van der Waals surface area contributed by atoms with Gasteiger partial charge in [0.2, 0.25) is 11.8 Å². The van der Waals surface area contributed by atoms with E-state index in [0.29, 0.717) is 5.92 Å². The van der Waals surface area contributed by atoms with Gasteiger partial charge in [0, 0.05) is 19.0 Å². The number of ether oxygens (including phenoxy) is 1. The Morgan fingerprint density at radius 3 is 2.65 bits per heavy atom. The standard InChI is InChI=1S/C18H26N2O3/c1-12(2)18(22)20(3)11-17(21)19-15-8-14(9-15)13-6-5-7-16(10-13)23-4/h5-7,10,12,14-15H,8-9,11H2,1-4H3,(H,19,21). The van der Waals surface area contributed by atoms with E-state index in [1.807, 2.05) is 26.0 Å². The molecule has 126 valence electrons. The summed E-state index contributed by atoms with van der Waals surface area (Å²) in [6, 6.07) is 8.27. The Labute approximate surface area is 138 Å². The first-order valence-electron chi connectivity index (χ1n) is 8.09. The van der Waals surface area contributed by atoms with Gasteiger partial charge in [-0.2, -0.15) is 0 Å². The van der Waals surface area contributed by atoms with Crippen LogP contribution in [0.5, 0.6) is 5.75 Å². The Bertz CT molecular complexity index is 565. The van der Waals surface area contributed by atoms with E-state index in [4.69, 9.17) is 4.74 Å². The molecule has 2 amide bonds. The number of amides is 2. The van der Waals surface area contributed by atoms with E-state index < -0.39 is 0 Å². The van der Waals surface area contributed by atoms with E-state index in [1.165, 1.54) is 10.5 Å². The van der Waals surface area contributed by atoms with Gasteiger partial charge in [0.1, 0.15) is 5.75 Å². The molecule has 1 N–H and O–H groups in total. The molecule has 23 heavy (non-hydrogen) atoms. The lowest BCUT2D eigenvalue weighted by Crippen LogP contribution is -2.47. The number of carbonyl (C=O) groups excluding carboxylic acids is 2. The lowest BCUT2D eigenvalue weighted by atomic mass is 9.76. The van der Waals surface area contributed by atoms with Crippen LogP contribution in [0.15, 0.2) is 24.3 Å². The van der Waals surface area contributed by atoms with Crippen LogP contribution in [-0.2, 0) is 9.59 Å². The average molecular weight is 318 g/mol. The summed E-state index contributed by atoms with van der Waals surface area (Å²) < 4.78 is 5.24. The summed E-state index contributed by atoms with van der Waals surface area (Å²) in [5.41, 5.74) is 1.25. The third-order valence-corrected chi connectivity index (χ3v) is 4.32. The summed E-state index contributed by atoms with van der Waals surface area (Å²) in [4.78, 5) is 25.3. The van der Waals surface area contributed by atoms with Gasteiger partial charge < -0.3 is 15.0 Å². The van der Waals surface area contributed by atoms with Crippen molar-refractivity contribution in [3.05, 3.63) is 29.8 Å². The monoisotopic (exact) mass is 318 g/mol. The average Bonchev–Trinajstić information content (AvgIpc) is 2.49. The largest absolute Gasteiger partial charge is 0.497 e. The van der Waals surface area contributed by atoms with Gasteiger partial charge in [0.05, 0.1) is 13.7 Å². The highest BCUT2D eigenvalue weighted by Gasteiger charge is 2.31. The van der Waals surface area contributed by atoms with Crippen LogP contribution < -0.4 is 10.1 Å². The van der Waals surface area contributed by atoms with Crippen LogP contribution in [0.1, 0.15) is 38.2 Å². The molecule has 0 saturated heterocycles. The van der Waals surface area contributed by atoms with Crippen molar-refractivity contribution >= 4 is 11.8 Å². The zero-order chi connectivity index (χ0) is 17.0. The second kappa shape index (κ2) is 7.49. The third-order valence-electron chi connectivity index (χ3n) is 4.32. The van der Waals surface area contributed by atoms with Crippen molar-refractivity contribution in [2.75, 3.05) is 20.7 Å². The second-order valence-corrected chi connectivity index (χ2v) is 6.56. The topological polar surface area (TPSA) is 58.6 Å². The van der Waals surface area contributed by atoms with Crippen molar-refractivity contribution in [2.24, 2.45) is 5.92 Å². The number of likely N-dealkylation sites (N-methyl/N-ethyl adjacent to an activating group) is 1. The molecule has 1 saturated carbocycles. The normalized spacial score (nSPS) is 19.9. The third kappa shape index (κ3) is 4.47. The Morgan fingerprint density at radius 2 is 2.04 bits per heavy atom. The lowest BCUT2D eigenvalue weighted by Gasteiger charge is -2.36. The minimum atomic E-state index is -0.0889. The summed E-state index contributed by atoms with van der Waals surface area (Å²) in [6.07, 6.45) is 1.86.